The molecule has 1 aromatic heterocycles. The molecule has 0 bridgehead atoms. The number of nitrogens with zero attached hydrogens (tertiary/aromatic N) is 3. The van der Waals surface area contributed by atoms with E-state index in [-0.39, 0.29) is 6.29 Å². The zero-order valence-corrected chi connectivity index (χ0v) is 11.4. The van der Waals surface area contributed by atoms with Crippen LogP contribution in [-0.4, -0.2) is 27.7 Å². The van der Waals surface area contributed by atoms with Crippen molar-refractivity contribution < 1.29 is 9.47 Å². The fraction of sp³-hybridized carbons (Fsp3) is 0.467. The van der Waals surface area contributed by atoms with Crippen LogP contribution in [0.1, 0.15) is 24.8 Å². The number of rotatable bonds is 5. The maximum atomic E-state index is 5.81. The second-order valence-electron chi connectivity index (χ2n) is 5.01. The van der Waals surface area contributed by atoms with Crippen molar-refractivity contribution >= 4 is 0 Å². The van der Waals surface area contributed by atoms with Gasteiger partial charge >= 0.3 is 0 Å². The van der Waals surface area contributed by atoms with Crippen LogP contribution in [0.5, 0.6) is 5.75 Å². The van der Waals surface area contributed by atoms with Gasteiger partial charge in [-0.2, -0.15) is 0 Å². The molecule has 20 heavy (non-hydrogen) atoms. The largest absolute Gasteiger partial charge is 0.465 e. The van der Waals surface area contributed by atoms with E-state index in [0.29, 0.717) is 0 Å². The molecule has 106 valence electrons. The van der Waals surface area contributed by atoms with Crippen molar-refractivity contribution in [2.45, 2.75) is 38.5 Å². The van der Waals surface area contributed by atoms with Crippen LogP contribution in [0, 0.1) is 0 Å². The van der Waals surface area contributed by atoms with Gasteiger partial charge in [0.05, 0.1) is 6.61 Å². The highest BCUT2D eigenvalue weighted by Gasteiger charge is 2.14. The molecule has 1 aliphatic heterocycles. The van der Waals surface area contributed by atoms with Gasteiger partial charge in [-0.05, 0) is 37.0 Å². The molecule has 1 atom stereocenters. The molecule has 0 spiro atoms. The van der Waals surface area contributed by atoms with Gasteiger partial charge in [0, 0.05) is 13.0 Å². The molecule has 3 rings (SSSR count). The lowest BCUT2D eigenvalue weighted by Gasteiger charge is -2.23. The second-order valence-corrected chi connectivity index (χ2v) is 5.01. The zero-order valence-electron chi connectivity index (χ0n) is 11.4. The van der Waals surface area contributed by atoms with Crippen LogP contribution < -0.4 is 4.74 Å². The molecule has 2 aromatic rings. The Kier molecular flexibility index (Phi) is 4.28. The van der Waals surface area contributed by atoms with Crippen LogP contribution in [0.3, 0.4) is 0 Å². The van der Waals surface area contributed by atoms with Crippen LogP contribution in [-0.2, 0) is 17.7 Å². The summed E-state index contributed by atoms with van der Waals surface area (Å²) < 4.78 is 13.4. The van der Waals surface area contributed by atoms with E-state index < -0.39 is 0 Å². The third-order valence-electron chi connectivity index (χ3n) is 3.45. The Morgan fingerprint density at radius 3 is 2.65 bits per heavy atom. The van der Waals surface area contributed by atoms with E-state index in [1.807, 2.05) is 16.7 Å². The Bertz CT molecular complexity index is 504. The first-order valence-corrected chi connectivity index (χ1v) is 7.10. The lowest BCUT2D eigenvalue weighted by molar-refractivity contribution is -0.105. The van der Waals surface area contributed by atoms with Crippen LogP contribution >= 0.6 is 0 Å². The van der Waals surface area contributed by atoms with E-state index in [4.69, 9.17) is 9.47 Å². The van der Waals surface area contributed by atoms with Crippen molar-refractivity contribution in [1.82, 2.24) is 14.8 Å². The van der Waals surface area contributed by atoms with Gasteiger partial charge in [0.25, 0.3) is 0 Å². The summed E-state index contributed by atoms with van der Waals surface area (Å²) in [4.78, 5) is 0. The standard InChI is InChI=1S/C15H19N3O2/c1-2-10-19-15(3-1)20-14-6-4-13(5-7-14)8-9-18-11-16-17-12-18/h4-7,11-12,15H,1-3,8-10H2. The highest BCUT2D eigenvalue weighted by Crippen LogP contribution is 2.19. The van der Waals surface area contributed by atoms with Gasteiger partial charge in [0.1, 0.15) is 18.4 Å². The molecule has 0 N–H and O–H groups in total. The van der Waals surface area contributed by atoms with E-state index >= 15 is 0 Å². The molecule has 1 unspecified atom stereocenters. The number of hydrogen-bond acceptors (Lipinski definition) is 4. The molecule has 0 radical (unpaired) electrons. The normalized spacial score (nSPS) is 18.9. The molecule has 0 amide bonds. The van der Waals surface area contributed by atoms with Crippen molar-refractivity contribution in [3.05, 3.63) is 42.5 Å². The summed E-state index contributed by atoms with van der Waals surface area (Å²) in [7, 11) is 0. The number of benzene rings is 1. The van der Waals surface area contributed by atoms with Crippen molar-refractivity contribution in [2.75, 3.05) is 6.61 Å². The van der Waals surface area contributed by atoms with Crippen molar-refractivity contribution in [1.29, 1.82) is 0 Å². The Balaban J connectivity index is 1.51. The van der Waals surface area contributed by atoms with E-state index in [1.165, 1.54) is 12.0 Å². The Morgan fingerprint density at radius 2 is 1.95 bits per heavy atom. The third kappa shape index (κ3) is 3.57. The summed E-state index contributed by atoms with van der Waals surface area (Å²) in [6.07, 6.45) is 7.65. The van der Waals surface area contributed by atoms with Gasteiger partial charge in [-0.15, -0.1) is 10.2 Å². The van der Waals surface area contributed by atoms with Crippen LogP contribution in [0.15, 0.2) is 36.9 Å². The van der Waals surface area contributed by atoms with Gasteiger partial charge in [-0.3, -0.25) is 0 Å². The highest BCUT2D eigenvalue weighted by molar-refractivity contribution is 5.27. The van der Waals surface area contributed by atoms with Gasteiger partial charge in [-0.1, -0.05) is 12.1 Å². The van der Waals surface area contributed by atoms with Crippen molar-refractivity contribution in [3.8, 4) is 5.75 Å². The number of aromatic nitrogens is 3. The monoisotopic (exact) mass is 273 g/mol. The Morgan fingerprint density at radius 1 is 1.15 bits per heavy atom. The first kappa shape index (κ1) is 13.1. The van der Waals surface area contributed by atoms with E-state index in [1.54, 1.807) is 12.7 Å². The summed E-state index contributed by atoms with van der Waals surface area (Å²) in [5, 5.41) is 7.59. The number of hydrogen-bond donors (Lipinski definition) is 0. The van der Waals surface area contributed by atoms with Gasteiger partial charge in [0.2, 0.25) is 0 Å². The minimum absolute atomic E-state index is 0.0772. The predicted molar refractivity (Wildman–Crippen MR) is 74.4 cm³/mol. The SMILES string of the molecule is c1cc(OC2CCCCO2)ccc1CCn1cnnc1. The quantitative estimate of drug-likeness (QED) is 0.839. The highest BCUT2D eigenvalue weighted by atomic mass is 16.7. The van der Waals surface area contributed by atoms with Gasteiger partial charge in [0.15, 0.2) is 6.29 Å². The average molecular weight is 273 g/mol. The first-order valence-electron chi connectivity index (χ1n) is 7.10. The molecule has 5 heteroatoms. The smallest absolute Gasteiger partial charge is 0.199 e. The number of aryl methyl sites for hydroxylation is 2. The summed E-state index contributed by atoms with van der Waals surface area (Å²) >= 11 is 0. The molecule has 5 nitrogen and oxygen atoms in total. The third-order valence-corrected chi connectivity index (χ3v) is 3.45. The zero-order chi connectivity index (χ0) is 13.6. The molecule has 1 aromatic carbocycles. The summed E-state index contributed by atoms with van der Waals surface area (Å²) in [6, 6.07) is 8.23. The molecule has 2 heterocycles. The Hall–Kier alpha value is -1.88. The lowest BCUT2D eigenvalue weighted by atomic mass is 10.1. The van der Waals surface area contributed by atoms with Gasteiger partial charge < -0.3 is 14.0 Å². The van der Waals surface area contributed by atoms with Crippen molar-refractivity contribution in [2.24, 2.45) is 0 Å². The summed E-state index contributed by atoms with van der Waals surface area (Å²) in [5.41, 5.74) is 1.27. The topological polar surface area (TPSA) is 49.2 Å². The fourth-order valence-electron chi connectivity index (χ4n) is 2.29. The minimum atomic E-state index is -0.0772. The molecule has 0 aliphatic carbocycles. The Labute approximate surface area is 118 Å². The fourth-order valence-corrected chi connectivity index (χ4v) is 2.29. The van der Waals surface area contributed by atoms with E-state index in [9.17, 15) is 0 Å². The first-order chi connectivity index (χ1) is 9.90. The number of ether oxygens (including phenoxy) is 2. The maximum Gasteiger partial charge on any atom is 0.199 e. The second kappa shape index (κ2) is 6.52. The summed E-state index contributed by atoms with van der Waals surface area (Å²) in [6.45, 7) is 1.70. The van der Waals surface area contributed by atoms with Gasteiger partial charge in [-0.25, -0.2) is 0 Å². The summed E-state index contributed by atoms with van der Waals surface area (Å²) in [5.74, 6) is 0.880. The lowest BCUT2D eigenvalue weighted by Crippen LogP contribution is -2.24. The van der Waals surface area contributed by atoms with Crippen LogP contribution in [0.4, 0.5) is 0 Å². The molecule has 1 fully saturated rings. The molecule has 1 aliphatic rings. The van der Waals surface area contributed by atoms with Crippen LogP contribution in [0.2, 0.25) is 0 Å². The molecule has 1 saturated heterocycles. The van der Waals surface area contributed by atoms with Crippen molar-refractivity contribution in [3.63, 3.8) is 0 Å². The van der Waals surface area contributed by atoms with Crippen LogP contribution in [0.25, 0.3) is 0 Å². The molecular formula is C15H19N3O2. The predicted octanol–water partition coefficient (Wildman–Crippen LogP) is 2.43. The average Bonchev–Trinajstić information content (AvgIpc) is 3.01. The van der Waals surface area contributed by atoms with E-state index in [0.717, 1.165) is 38.2 Å². The maximum absolute atomic E-state index is 5.81. The minimum Gasteiger partial charge on any atom is -0.465 e. The van der Waals surface area contributed by atoms with E-state index in [2.05, 4.69) is 22.3 Å². The molecule has 0 saturated carbocycles. The molecular weight excluding hydrogens is 254 g/mol.